The van der Waals surface area contributed by atoms with Gasteiger partial charge in [0.1, 0.15) is 6.42 Å². The van der Waals surface area contributed by atoms with E-state index in [0.717, 1.165) is 10.0 Å². The van der Waals surface area contributed by atoms with Crippen LogP contribution in [0.3, 0.4) is 0 Å². The molecule has 0 fully saturated rings. The van der Waals surface area contributed by atoms with Gasteiger partial charge in [-0.3, -0.25) is 9.59 Å². The highest BCUT2D eigenvalue weighted by Gasteiger charge is 2.11. The summed E-state index contributed by atoms with van der Waals surface area (Å²) >= 11 is 9.34. The molecule has 6 heteroatoms. The molecule has 0 radical (unpaired) electrons. The van der Waals surface area contributed by atoms with Crippen LogP contribution >= 0.6 is 27.5 Å². The van der Waals surface area contributed by atoms with Crippen LogP contribution in [-0.2, 0) is 9.59 Å². The number of hydrogen-bond donors (Lipinski definition) is 2. The maximum Gasteiger partial charge on any atom is 0.233 e. The average Bonchev–Trinajstić information content (AvgIpc) is 2.45. The Hall–Kier alpha value is -1.85. The van der Waals surface area contributed by atoms with E-state index in [1.54, 1.807) is 36.4 Å². The fraction of sp³-hybridized carbons (Fsp3) is 0.125. The molecule has 0 aliphatic carbocycles. The number of rotatable bonds is 4. The average molecular weight is 382 g/mol. The van der Waals surface area contributed by atoms with Crippen LogP contribution in [0.5, 0.6) is 0 Å². The van der Waals surface area contributed by atoms with Crippen LogP contribution in [0.15, 0.2) is 46.9 Å². The molecule has 2 N–H and O–H groups in total. The SMILES string of the molecule is Cc1ccc(NC(=O)CC(=O)Nc2ccccc2Cl)cc1Br. The molecule has 2 amide bonds. The normalized spacial score (nSPS) is 10.1. The molecular formula is C16H14BrClN2O2. The minimum Gasteiger partial charge on any atom is -0.326 e. The van der Waals surface area contributed by atoms with Crippen molar-refractivity contribution < 1.29 is 9.59 Å². The molecule has 4 nitrogen and oxygen atoms in total. The molecule has 0 aliphatic heterocycles. The van der Waals surface area contributed by atoms with Gasteiger partial charge in [-0.2, -0.15) is 0 Å². The van der Waals surface area contributed by atoms with Gasteiger partial charge >= 0.3 is 0 Å². The first-order chi connectivity index (χ1) is 10.5. The molecule has 2 aromatic rings. The van der Waals surface area contributed by atoms with Crippen LogP contribution in [0.2, 0.25) is 5.02 Å². The number of hydrogen-bond acceptors (Lipinski definition) is 2. The number of halogens is 2. The first kappa shape index (κ1) is 16.5. The Morgan fingerprint density at radius 1 is 1.09 bits per heavy atom. The van der Waals surface area contributed by atoms with E-state index in [0.29, 0.717) is 16.4 Å². The summed E-state index contributed by atoms with van der Waals surface area (Å²) in [6.07, 6.45) is -0.281. The Morgan fingerprint density at radius 3 is 2.45 bits per heavy atom. The van der Waals surface area contributed by atoms with Crippen molar-refractivity contribution in [1.29, 1.82) is 0 Å². The Bertz CT molecular complexity index is 719. The molecule has 0 aliphatic rings. The Labute approximate surface area is 142 Å². The summed E-state index contributed by atoms with van der Waals surface area (Å²) in [5.74, 6) is -0.808. The molecule has 0 saturated heterocycles. The molecule has 0 unspecified atom stereocenters. The second-order valence-electron chi connectivity index (χ2n) is 4.72. The monoisotopic (exact) mass is 380 g/mol. The molecule has 0 spiro atoms. The van der Waals surface area contributed by atoms with Crippen molar-refractivity contribution in [1.82, 2.24) is 0 Å². The van der Waals surface area contributed by atoms with Gasteiger partial charge in [-0.25, -0.2) is 0 Å². The van der Waals surface area contributed by atoms with Crippen LogP contribution in [-0.4, -0.2) is 11.8 Å². The number of carbonyl (C=O) groups is 2. The molecule has 0 aromatic heterocycles. The number of nitrogens with one attached hydrogen (secondary N) is 2. The first-order valence-corrected chi connectivity index (χ1v) is 7.73. The lowest BCUT2D eigenvalue weighted by Crippen LogP contribution is -2.21. The van der Waals surface area contributed by atoms with Crippen molar-refractivity contribution in [2.45, 2.75) is 13.3 Å². The molecule has 2 rings (SSSR count). The van der Waals surface area contributed by atoms with Crippen LogP contribution in [0.25, 0.3) is 0 Å². The third kappa shape index (κ3) is 4.58. The summed E-state index contributed by atoms with van der Waals surface area (Å²) in [7, 11) is 0. The summed E-state index contributed by atoms with van der Waals surface area (Å²) in [5.41, 5.74) is 2.18. The molecule has 2 aromatic carbocycles. The van der Waals surface area contributed by atoms with Crippen LogP contribution in [0.4, 0.5) is 11.4 Å². The van der Waals surface area contributed by atoms with Crippen LogP contribution in [0.1, 0.15) is 12.0 Å². The van der Waals surface area contributed by atoms with Crippen molar-refractivity contribution in [3.63, 3.8) is 0 Å². The fourth-order valence-corrected chi connectivity index (χ4v) is 2.34. The lowest BCUT2D eigenvalue weighted by Gasteiger charge is -2.08. The lowest BCUT2D eigenvalue weighted by atomic mass is 10.2. The number of carbonyl (C=O) groups excluding carboxylic acids is 2. The van der Waals surface area contributed by atoms with Crippen molar-refractivity contribution in [3.8, 4) is 0 Å². The fourth-order valence-electron chi connectivity index (χ4n) is 1.78. The van der Waals surface area contributed by atoms with E-state index in [9.17, 15) is 9.59 Å². The van der Waals surface area contributed by atoms with E-state index in [1.807, 2.05) is 13.0 Å². The van der Waals surface area contributed by atoms with Gasteiger partial charge in [-0.15, -0.1) is 0 Å². The maximum atomic E-state index is 11.9. The summed E-state index contributed by atoms with van der Waals surface area (Å²) < 4.78 is 0.894. The van der Waals surface area contributed by atoms with E-state index in [-0.39, 0.29) is 12.3 Å². The highest BCUT2D eigenvalue weighted by molar-refractivity contribution is 9.10. The maximum absolute atomic E-state index is 11.9. The van der Waals surface area contributed by atoms with Crippen molar-refractivity contribution in [2.75, 3.05) is 10.6 Å². The first-order valence-electron chi connectivity index (χ1n) is 6.56. The van der Waals surface area contributed by atoms with Gasteiger partial charge in [0.15, 0.2) is 0 Å². The molecule has 0 saturated carbocycles. The van der Waals surface area contributed by atoms with Gasteiger partial charge in [-0.05, 0) is 36.8 Å². The summed E-state index contributed by atoms with van der Waals surface area (Å²) in [6, 6.07) is 12.3. The van der Waals surface area contributed by atoms with Gasteiger partial charge < -0.3 is 10.6 Å². The molecule has 22 heavy (non-hydrogen) atoms. The largest absolute Gasteiger partial charge is 0.326 e. The number of anilines is 2. The van der Waals surface area contributed by atoms with E-state index in [1.165, 1.54) is 0 Å². The number of aryl methyl sites for hydroxylation is 1. The highest BCUT2D eigenvalue weighted by atomic mass is 79.9. The zero-order valence-electron chi connectivity index (χ0n) is 11.8. The van der Waals surface area contributed by atoms with Crippen LogP contribution in [0, 0.1) is 6.92 Å². The van der Waals surface area contributed by atoms with Gasteiger partial charge in [0.25, 0.3) is 0 Å². The zero-order valence-corrected chi connectivity index (χ0v) is 14.2. The second-order valence-corrected chi connectivity index (χ2v) is 5.98. The topological polar surface area (TPSA) is 58.2 Å². The smallest absolute Gasteiger partial charge is 0.233 e. The Kier molecular flexibility index (Phi) is 5.57. The van der Waals surface area contributed by atoms with Crippen LogP contribution < -0.4 is 10.6 Å². The summed E-state index contributed by atoms with van der Waals surface area (Å²) in [5, 5.41) is 5.71. The quantitative estimate of drug-likeness (QED) is 0.772. The number of para-hydroxylation sites is 1. The van der Waals surface area contributed by atoms with Crippen molar-refractivity contribution in [2.24, 2.45) is 0 Å². The predicted octanol–water partition coefficient (Wildman–Crippen LogP) is 4.38. The Morgan fingerprint density at radius 2 is 1.77 bits per heavy atom. The van der Waals surface area contributed by atoms with E-state index >= 15 is 0 Å². The highest BCUT2D eigenvalue weighted by Crippen LogP contribution is 2.22. The van der Waals surface area contributed by atoms with Gasteiger partial charge in [0.05, 0.1) is 10.7 Å². The molecule has 0 atom stereocenters. The number of amides is 2. The summed E-state index contributed by atoms with van der Waals surface area (Å²) in [6.45, 7) is 1.95. The van der Waals surface area contributed by atoms with E-state index in [4.69, 9.17) is 11.6 Å². The predicted molar refractivity (Wildman–Crippen MR) is 92.2 cm³/mol. The third-order valence-electron chi connectivity index (χ3n) is 2.92. The third-order valence-corrected chi connectivity index (χ3v) is 4.11. The molecule has 114 valence electrons. The van der Waals surface area contributed by atoms with Gasteiger partial charge in [0.2, 0.25) is 11.8 Å². The standard InChI is InChI=1S/C16H14BrClN2O2/c1-10-6-7-11(8-12(10)17)19-15(21)9-16(22)20-14-5-3-2-4-13(14)18/h2-8H,9H2,1H3,(H,19,21)(H,20,22). The van der Waals surface area contributed by atoms with Gasteiger partial charge in [-0.1, -0.05) is 45.7 Å². The number of benzene rings is 2. The minimum absolute atomic E-state index is 0.281. The summed E-state index contributed by atoms with van der Waals surface area (Å²) in [4.78, 5) is 23.7. The zero-order chi connectivity index (χ0) is 16.1. The van der Waals surface area contributed by atoms with Crippen molar-refractivity contribution in [3.05, 3.63) is 57.5 Å². The molecular weight excluding hydrogens is 368 g/mol. The molecule has 0 heterocycles. The van der Waals surface area contributed by atoms with E-state index in [2.05, 4.69) is 26.6 Å². The Balaban J connectivity index is 1.92. The molecule has 0 bridgehead atoms. The lowest BCUT2D eigenvalue weighted by molar-refractivity contribution is -0.123. The van der Waals surface area contributed by atoms with Gasteiger partial charge in [0, 0.05) is 10.2 Å². The second kappa shape index (κ2) is 7.42. The van der Waals surface area contributed by atoms with Crippen molar-refractivity contribution >= 4 is 50.7 Å². The minimum atomic E-state index is -0.420. The van der Waals surface area contributed by atoms with E-state index < -0.39 is 5.91 Å².